The van der Waals surface area contributed by atoms with Crippen LogP contribution in [0.1, 0.15) is 36.1 Å². The summed E-state index contributed by atoms with van der Waals surface area (Å²) in [5.74, 6) is -3.55. The van der Waals surface area contributed by atoms with Gasteiger partial charge in [-0.2, -0.15) is 0 Å². The summed E-state index contributed by atoms with van der Waals surface area (Å²) >= 11 is 0. The fourth-order valence-corrected chi connectivity index (χ4v) is 5.18. The third kappa shape index (κ3) is 4.85. The van der Waals surface area contributed by atoms with Crippen LogP contribution < -0.4 is 0 Å². The standard InChI is InChI=1S/C31H26F4O4/c1-29(2)38-27(30(36,19-3-11-23(32)12-4-19)20-5-13-24(33)14-6-20)28(39-29)31(37,21-7-15-25(34)16-8-21)22-9-17-26(35)18-10-22/h3-18,27-28,36-37H,1-2H3/t27-,28-/m0/s1. The van der Waals surface area contributed by atoms with E-state index in [0.29, 0.717) is 0 Å². The van der Waals surface area contributed by atoms with Crippen molar-refractivity contribution >= 4 is 0 Å². The first-order chi connectivity index (χ1) is 18.4. The van der Waals surface area contributed by atoms with Crippen LogP contribution >= 0.6 is 0 Å². The molecule has 1 aliphatic heterocycles. The average Bonchev–Trinajstić information content (AvgIpc) is 3.25. The molecule has 0 amide bonds. The zero-order valence-corrected chi connectivity index (χ0v) is 21.1. The van der Waals surface area contributed by atoms with Gasteiger partial charge in [-0.25, -0.2) is 17.6 Å². The van der Waals surface area contributed by atoms with Crippen LogP contribution in [0.15, 0.2) is 97.1 Å². The van der Waals surface area contributed by atoms with Gasteiger partial charge in [-0.3, -0.25) is 0 Å². The van der Waals surface area contributed by atoms with Crippen molar-refractivity contribution in [1.29, 1.82) is 0 Å². The van der Waals surface area contributed by atoms with Gasteiger partial charge in [0, 0.05) is 0 Å². The van der Waals surface area contributed by atoms with E-state index in [1.54, 1.807) is 13.8 Å². The van der Waals surface area contributed by atoms with Crippen LogP contribution in [-0.2, 0) is 20.7 Å². The minimum atomic E-state index is -2.10. The first kappa shape index (κ1) is 27.0. The van der Waals surface area contributed by atoms with Gasteiger partial charge >= 0.3 is 0 Å². The molecule has 4 aromatic rings. The fraction of sp³-hybridized carbons (Fsp3) is 0.226. The lowest BCUT2D eigenvalue weighted by molar-refractivity contribution is -0.172. The van der Waals surface area contributed by atoms with E-state index in [0.717, 1.165) is 48.5 Å². The molecular weight excluding hydrogens is 512 g/mol. The molecule has 8 heteroatoms. The van der Waals surface area contributed by atoms with Crippen molar-refractivity contribution in [2.24, 2.45) is 0 Å². The zero-order chi connectivity index (χ0) is 28.0. The number of halogens is 4. The minimum absolute atomic E-state index is 0.187. The van der Waals surface area contributed by atoms with E-state index in [2.05, 4.69) is 0 Å². The molecule has 0 aromatic heterocycles. The Bertz CT molecular complexity index is 1230. The van der Waals surface area contributed by atoms with Crippen molar-refractivity contribution in [2.45, 2.75) is 43.0 Å². The Kier molecular flexibility index (Phi) is 6.84. The van der Waals surface area contributed by atoms with Crippen LogP contribution in [0, 0.1) is 23.3 Å². The second-order valence-electron chi connectivity index (χ2n) is 10.0. The Morgan fingerprint density at radius 2 is 0.692 bits per heavy atom. The molecule has 1 saturated heterocycles. The van der Waals surface area contributed by atoms with Gasteiger partial charge in [-0.1, -0.05) is 48.5 Å². The number of hydrogen-bond acceptors (Lipinski definition) is 4. The third-order valence-electron chi connectivity index (χ3n) is 7.06. The number of ether oxygens (including phenoxy) is 2. The molecule has 5 rings (SSSR count). The van der Waals surface area contributed by atoms with Gasteiger partial charge in [0.25, 0.3) is 0 Å². The number of benzene rings is 4. The smallest absolute Gasteiger partial charge is 0.164 e. The SMILES string of the molecule is CC1(C)O[C@H](C(O)(c2ccc(F)cc2)c2ccc(F)cc2)[C@@H](C(O)(c2ccc(F)cc2)c2ccc(F)cc2)O1. The predicted molar refractivity (Wildman–Crippen MR) is 135 cm³/mol. The van der Waals surface area contributed by atoms with Crippen molar-refractivity contribution in [3.63, 3.8) is 0 Å². The van der Waals surface area contributed by atoms with Gasteiger partial charge in [-0.15, -0.1) is 0 Å². The summed E-state index contributed by atoms with van der Waals surface area (Å²) < 4.78 is 68.2. The topological polar surface area (TPSA) is 58.9 Å². The second-order valence-corrected chi connectivity index (χ2v) is 10.0. The molecule has 1 aliphatic rings. The summed E-state index contributed by atoms with van der Waals surface area (Å²) in [4.78, 5) is 0. The Morgan fingerprint density at radius 1 is 0.487 bits per heavy atom. The average molecular weight is 539 g/mol. The van der Waals surface area contributed by atoms with Crippen molar-refractivity contribution in [2.75, 3.05) is 0 Å². The Balaban J connectivity index is 1.77. The van der Waals surface area contributed by atoms with E-state index in [1.807, 2.05) is 0 Å². The van der Waals surface area contributed by atoms with Crippen molar-refractivity contribution in [1.82, 2.24) is 0 Å². The monoisotopic (exact) mass is 538 g/mol. The maximum atomic E-state index is 13.9. The van der Waals surface area contributed by atoms with Crippen LogP contribution in [0.3, 0.4) is 0 Å². The molecule has 1 fully saturated rings. The van der Waals surface area contributed by atoms with Gasteiger partial charge in [0.15, 0.2) is 5.79 Å². The highest BCUT2D eigenvalue weighted by Crippen LogP contribution is 2.50. The first-order valence-electron chi connectivity index (χ1n) is 12.3. The summed E-state index contributed by atoms with van der Waals surface area (Å²) in [6, 6.07) is 20.2. The van der Waals surface area contributed by atoms with Crippen LogP contribution in [-0.4, -0.2) is 28.2 Å². The lowest BCUT2D eigenvalue weighted by Gasteiger charge is -2.42. The first-order valence-corrected chi connectivity index (χ1v) is 12.3. The molecule has 4 nitrogen and oxygen atoms in total. The van der Waals surface area contributed by atoms with Gasteiger partial charge in [0.1, 0.15) is 46.7 Å². The van der Waals surface area contributed by atoms with Gasteiger partial charge in [0.05, 0.1) is 0 Å². The molecule has 0 saturated carbocycles. The lowest BCUT2D eigenvalue weighted by atomic mass is 9.72. The van der Waals surface area contributed by atoms with Gasteiger partial charge in [-0.05, 0) is 84.6 Å². The highest BCUT2D eigenvalue weighted by Gasteiger charge is 2.61. The zero-order valence-electron chi connectivity index (χ0n) is 21.1. The predicted octanol–water partition coefficient (Wildman–Crippen LogP) is 5.94. The van der Waals surface area contributed by atoms with E-state index in [4.69, 9.17) is 9.47 Å². The fourth-order valence-electron chi connectivity index (χ4n) is 5.18. The molecule has 0 spiro atoms. The normalized spacial score (nSPS) is 19.3. The van der Waals surface area contributed by atoms with Crippen molar-refractivity contribution in [3.05, 3.63) is 143 Å². The van der Waals surface area contributed by atoms with E-state index in [1.165, 1.54) is 48.5 Å². The maximum Gasteiger partial charge on any atom is 0.164 e. The molecule has 1 heterocycles. The van der Waals surface area contributed by atoms with Gasteiger partial charge in [0.2, 0.25) is 0 Å². The number of rotatable bonds is 6. The van der Waals surface area contributed by atoms with E-state index in [-0.39, 0.29) is 22.3 Å². The molecule has 202 valence electrons. The molecule has 0 unspecified atom stereocenters. The summed E-state index contributed by atoms with van der Waals surface area (Å²) in [6.07, 6.45) is -2.77. The maximum absolute atomic E-state index is 13.9. The van der Waals surface area contributed by atoms with E-state index in [9.17, 15) is 27.8 Å². The summed E-state index contributed by atoms with van der Waals surface area (Å²) in [6.45, 7) is 3.18. The van der Waals surface area contributed by atoms with E-state index < -0.39 is 52.5 Å². The van der Waals surface area contributed by atoms with Crippen molar-refractivity contribution < 1.29 is 37.2 Å². The van der Waals surface area contributed by atoms with Crippen LogP contribution in [0.2, 0.25) is 0 Å². The Morgan fingerprint density at radius 3 is 0.897 bits per heavy atom. The van der Waals surface area contributed by atoms with Crippen molar-refractivity contribution in [3.8, 4) is 0 Å². The van der Waals surface area contributed by atoms with E-state index >= 15 is 0 Å². The van der Waals surface area contributed by atoms with Crippen LogP contribution in [0.5, 0.6) is 0 Å². The molecule has 2 N–H and O–H groups in total. The molecular formula is C31H26F4O4. The molecule has 0 aliphatic carbocycles. The summed E-state index contributed by atoms with van der Waals surface area (Å²) in [7, 11) is 0. The molecule has 2 atom stereocenters. The van der Waals surface area contributed by atoms with Gasteiger partial charge < -0.3 is 19.7 Å². The summed E-state index contributed by atoms with van der Waals surface area (Å²) in [5.41, 5.74) is -3.46. The number of hydrogen-bond donors (Lipinski definition) is 2. The second kappa shape index (κ2) is 9.88. The van der Waals surface area contributed by atoms with Crippen LogP contribution in [0.25, 0.3) is 0 Å². The largest absolute Gasteiger partial charge is 0.378 e. The number of aliphatic hydroxyl groups is 2. The highest BCUT2D eigenvalue weighted by atomic mass is 19.1. The minimum Gasteiger partial charge on any atom is -0.378 e. The molecule has 0 radical (unpaired) electrons. The molecule has 39 heavy (non-hydrogen) atoms. The summed E-state index contributed by atoms with van der Waals surface area (Å²) in [5, 5.41) is 25.0. The highest BCUT2D eigenvalue weighted by molar-refractivity contribution is 5.43. The Labute approximate surface area is 223 Å². The third-order valence-corrected chi connectivity index (χ3v) is 7.06. The Hall–Kier alpha value is -3.56. The van der Waals surface area contributed by atoms with Crippen LogP contribution in [0.4, 0.5) is 17.6 Å². The quantitative estimate of drug-likeness (QED) is 0.299. The molecule has 4 aromatic carbocycles. The molecule has 0 bridgehead atoms. The lowest BCUT2D eigenvalue weighted by Crippen LogP contribution is -2.55.